The first-order valence-corrected chi connectivity index (χ1v) is 4.55. The van der Waals surface area contributed by atoms with Gasteiger partial charge in [-0.05, 0) is 17.8 Å². The minimum atomic E-state index is -0.125. The Bertz CT molecular complexity index is 102. The van der Waals surface area contributed by atoms with Gasteiger partial charge in [-0.2, -0.15) is 0 Å². The third-order valence-electron chi connectivity index (χ3n) is 2.12. The van der Waals surface area contributed by atoms with E-state index in [1.54, 1.807) is 0 Å². The molecule has 0 aliphatic rings. The normalized spacial score (nSPS) is 18.0. The molecule has 0 aromatic carbocycles. The average Bonchev–Trinajstić information content (AvgIpc) is 1.82. The molecule has 1 heteroatoms. The molecule has 0 saturated heterocycles. The zero-order valence-corrected chi connectivity index (χ0v) is 8.52. The molecule has 2 unspecified atom stereocenters. The van der Waals surface area contributed by atoms with Crippen LogP contribution >= 0.6 is 0 Å². The Kier molecular flexibility index (Phi) is 4.09. The van der Waals surface area contributed by atoms with E-state index in [4.69, 9.17) is 0 Å². The third-order valence-corrected chi connectivity index (χ3v) is 2.12. The van der Waals surface area contributed by atoms with E-state index in [-0.39, 0.29) is 11.5 Å². The molecule has 0 radical (unpaired) electrons. The van der Waals surface area contributed by atoms with E-state index in [2.05, 4.69) is 34.6 Å². The maximum atomic E-state index is 9.65. The first-order valence-electron chi connectivity index (χ1n) is 4.55. The molecule has 0 spiro atoms. The fraction of sp³-hybridized carbons (Fsp3) is 1.00. The maximum absolute atomic E-state index is 9.65. The molecule has 0 rings (SSSR count). The molecule has 2 atom stereocenters. The lowest BCUT2D eigenvalue weighted by Gasteiger charge is -2.25. The van der Waals surface area contributed by atoms with Crippen LogP contribution in [0.1, 0.15) is 47.5 Å². The molecule has 0 bridgehead atoms. The lowest BCUT2D eigenvalue weighted by molar-refractivity contribution is 0.0717. The molecule has 11 heavy (non-hydrogen) atoms. The van der Waals surface area contributed by atoms with Crippen LogP contribution in [-0.2, 0) is 0 Å². The SMILES string of the molecule is CCC(C)C(O)CC(C)(C)C. The van der Waals surface area contributed by atoms with Gasteiger partial charge in [-0.15, -0.1) is 0 Å². The first kappa shape index (κ1) is 11.0. The largest absolute Gasteiger partial charge is 0.393 e. The van der Waals surface area contributed by atoms with E-state index in [0.717, 1.165) is 12.8 Å². The molecule has 0 aliphatic heterocycles. The quantitative estimate of drug-likeness (QED) is 0.669. The molecule has 0 aromatic heterocycles. The molecule has 1 N–H and O–H groups in total. The summed E-state index contributed by atoms with van der Waals surface area (Å²) in [7, 11) is 0. The van der Waals surface area contributed by atoms with Crippen LogP contribution < -0.4 is 0 Å². The monoisotopic (exact) mass is 158 g/mol. The molecule has 0 aliphatic carbocycles. The molecular formula is C10H22O. The van der Waals surface area contributed by atoms with Crippen LogP contribution in [0.4, 0.5) is 0 Å². The van der Waals surface area contributed by atoms with Crippen LogP contribution in [0.3, 0.4) is 0 Å². The van der Waals surface area contributed by atoms with Crippen LogP contribution in [-0.4, -0.2) is 11.2 Å². The Morgan fingerprint density at radius 3 is 2.00 bits per heavy atom. The second-order valence-corrected chi connectivity index (χ2v) is 4.72. The topological polar surface area (TPSA) is 20.2 Å². The zero-order valence-electron chi connectivity index (χ0n) is 8.52. The predicted molar refractivity (Wildman–Crippen MR) is 49.5 cm³/mol. The van der Waals surface area contributed by atoms with Gasteiger partial charge in [0.05, 0.1) is 6.10 Å². The summed E-state index contributed by atoms with van der Waals surface area (Å²) in [5.74, 6) is 0.439. The highest BCUT2D eigenvalue weighted by atomic mass is 16.3. The van der Waals surface area contributed by atoms with E-state index in [0.29, 0.717) is 5.92 Å². The van der Waals surface area contributed by atoms with E-state index in [9.17, 15) is 5.11 Å². The molecule has 0 amide bonds. The lowest BCUT2D eigenvalue weighted by Crippen LogP contribution is -2.23. The summed E-state index contributed by atoms with van der Waals surface area (Å²) in [6.07, 6.45) is 1.85. The maximum Gasteiger partial charge on any atom is 0.0570 e. The number of aliphatic hydroxyl groups excluding tert-OH is 1. The van der Waals surface area contributed by atoms with Gasteiger partial charge in [0.15, 0.2) is 0 Å². The summed E-state index contributed by atoms with van der Waals surface area (Å²) in [5.41, 5.74) is 0.253. The van der Waals surface area contributed by atoms with Crippen molar-refractivity contribution in [1.82, 2.24) is 0 Å². The minimum Gasteiger partial charge on any atom is -0.393 e. The highest BCUT2D eigenvalue weighted by Crippen LogP contribution is 2.24. The van der Waals surface area contributed by atoms with Crippen LogP contribution in [0.5, 0.6) is 0 Å². The molecule has 1 nitrogen and oxygen atoms in total. The first-order chi connectivity index (χ1) is 4.87. The Morgan fingerprint density at radius 1 is 1.27 bits per heavy atom. The van der Waals surface area contributed by atoms with Gasteiger partial charge in [0.2, 0.25) is 0 Å². The second-order valence-electron chi connectivity index (χ2n) is 4.72. The van der Waals surface area contributed by atoms with Gasteiger partial charge < -0.3 is 5.11 Å². The Morgan fingerprint density at radius 2 is 1.73 bits per heavy atom. The fourth-order valence-corrected chi connectivity index (χ4v) is 1.10. The van der Waals surface area contributed by atoms with Crippen molar-refractivity contribution in [3.63, 3.8) is 0 Å². The van der Waals surface area contributed by atoms with Crippen LogP contribution in [0, 0.1) is 11.3 Å². The minimum absolute atomic E-state index is 0.125. The molecule has 0 saturated carbocycles. The van der Waals surface area contributed by atoms with Crippen molar-refractivity contribution < 1.29 is 5.11 Å². The van der Waals surface area contributed by atoms with Crippen molar-refractivity contribution in [2.75, 3.05) is 0 Å². The standard InChI is InChI=1S/C10H22O/c1-6-8(2)9(11)7-10(3,4)5/h8-9,11H,6-7H2,1-5H3. The van der Waals surface area contributed by atoms with Gasteiger partial charge in [-0.25, -0.2) is 0 Å². The van der Waals surface area contributed by atoms with Crippen molar-refractivity contribution in [3.8, 4) is 0 Å². The van der Waals surface area contributed by atoms with Crippen LogP contribution in [0.25, 0.3) is 0 Å². The number of hydrogen-bond acceptors (Lipinski definition) is 1. The average molecular weight is 158 g/mol. The molecule has 0 fully saturated rings. The fourth-order valence-electron chi connectivity index (χ4n) is 1.10. The van der Waals surface area contributed by atoms with E-state index in [1.165, 1.54) is 0 Å². The van der Waals surface area contributed by atoms with Gasteiger partial charge in [0.1, 0.15) is 0 Å². The van der Waals surface area contributed by atoms with E-state index >= 15 is 0 Å². The summed E-state index contributed by atoms with van der Waals surface area (Å²) in [4.78, 5) is 0. The number of hydrogen-bond donors (Lipinski definition) is 1. The third kappa shape index (κ3) is 5.25. The van der Waals surface area contributed by atoms with Crippen molar-refractivity contribution in [1.29, 1.82) is 0 Å². The van der Waals surface area contributed by atoms with Crippen LogP contribution in [0.2, 0.25) is 0 Å². The summed E-state index contributed by atoms with van der Waals surface area (Å²) < 4.78 is 0. The van der Waals surface area contributed by atoms with E-state index < -0.39 is 0 Å². The Labute approximate surface area is 70.8 Å². The summed E-state index contributed by atoms with van der Waals surface area (Å²) >= 11 is 0. The predicted octanol–water partition coefficient (Wildman–Crippen LogP) is 2.83. The van der Waals surface area contributed by atoms with Crippen molar-refractivity contribution >= 4 is 0 Å². The van der Waals surface area contributed by atoms with Gasteiger partial charge in [0, 0.05) is 0 Å². The molecular weight excluding hydrogens is 136 g/mol. The zero-order chi connectivity index (χ0) is 9.07. The van der Waals surface area contributed by atoms with E-state index in [1.807, 2.05) is 0 Å². The number of rotatable bonds is 3. The lowest BCUT2D eigenvalue weighted by atomic mass is 9.84. The molecule has 68 valence electrons. The highest BCUT2D eigenvalue weighted by Gasteiger charge is 2.20. The summed E-state index contributed by atoms with van der Waals surface area (Å²) in [5, 5.41) is 9.65. The second kappa shape index (κ2) is 4.10. The smallest absolute Gasteiger partial charge is 0.0570 e. The van der Waals surface area contributed by atoms with Gasteiger partial charge in [-0.3, -0.25) is 0 Å². The Hall–Kier alpha value is -0.0400. The van der Waals surface area contributed by atoms with Crippen molar-refractivity contribution in [2.24, 2.45) is 11.3 Å². The Balaban J connectivity index is 3.77. The highest BCUT2D eigenvalue weighted by molar-refractivity contribution is 4.71. The van der Waals surface area contributed by atoms with Crippen molar-refractivity contribution in [2.45, 2.75) is 53.6 Å². The van der Waals surface area contributed by atoms with Crippen molar-refractivity contribution in [3.05, 3.63) is 0 Å². The van der Waals surface area contributed by atoms with Crippen LogP contribution in [0.15, 0.2) is 0 Å². The molecule has 0 heterocycles. The van der Waals surface area contributed by atoms with Gasteiger partial charge in [-0.1, -0.05) is 41.0 Å². The summed E-state index contributed by atoms with van der Waals surface area (Å²) in [6.45, 7) is 10.7. The number of aliphatic hydroxyl groups is 1. The van der Waals surface area contributed by atoms with Gasteiger partial charge >= 0.3 is 0 Å². The van der Waals surface area contributed by atoms with Gasteiger partial charge in [0.25, 0.3) is 0 Å². The molecule has 0 aromatic rings. The summed E-state index contributed by atoms with van der Waals surface area (Å²) in [6, 6.07) is 0.